The zero-order chi connectivity index (χ0) is 18.9. The van der Waals surface area contributed by atoms with Gasteiger partial charge in [0.05, 0.1) is 4.92 Å². The maximum atomic E-state index is 13.0. The van der Waals surface area contributed by atoms with E-state index in [2.05, 4.69) is 9.97 Å². The number of aryl methyl sites for hydroxylation is 1. The van der Waals surface area contributed by atoms with Gasteiger partial charge in [0.25, 0.3) is 11.2 Å². The predicted octanol–water partition coefficient (Wildman–Crippen LogP) is 1.55. The Kier molecular flexibility index (Phi) is 4.88. The normalized spacial score (nSPS) is 18.6. The van der Waals surface area contributed by atoms with Crippen LogP contribution in [-0.2, 0) is 10.0 Å². The van der Waals surface area contributed by atoms with Crippen molar-refractivity contribution in [1.82, 2.24) is 14.3 Å². The lowest BCUT2D eigenvalue weighted by molar-refractivity contribution is -0.387. The summed E-state index contributed by atoms with van der Waals surface area (Å²) in [6.07, 6.45) is 1.25. The number of H-pyrrole nitrogens is 1. The number of aromatic amines is 1. The molecule has 138 valence electrons. The van der Waals surface area contributed by atoms with Gasteiger partial charge < -0.3 is 4.98 Å². The molecule has 0 spiro atoms. The molecule has 1 saturated heterocycles. The summed E-state index contributed by atoms with van der Waals surface area (Å²) in [5.74, 6) is 0.173. The molecular formula is C16H18N4O5S. The number of para-hydroxylation sites is 1. The van der Waals surface area contributed by atoms with Crippen molar-refractivity contribution in [3.63, 3.8) is 0 Å². The third-order valence-corrected chi connectivity index (χ3v) is 6.25. The van der Waals surface area contributed by atoms with Crippen LogP contribution in [0.15, 0.2) is 40.0 Å². The molecule has 2 aromatic rings. The highest BCUT2D eigenvalue weighted by atomic mass is 32.2. The Morgan fingerprint density at radius 2 is 2.08 bits per heavy atom. The summed E-state index contributed by atoms with van der Waals surface area (Å²) in [5, 5.41) is 11.2. The number of piperidine rings is 1. The van der Waals surface area contributed by atoms with Crippen LogP contribution in [-0.4, -0.2) is 40.7 Å². The van der Waals surface area contributed by atoms with Crippen molar-refractivity contribution < 1.29 is 13.3 Å². The van der Waals surface area contributed by atoms with Gasteiger partial charge in [0.1, 0.15) is 5.82 Å². The maximum Gasteiger partial charge on any atom is 0.289 e. The second-order valence-electron chi connectivity index (χ2n) is 6.20. The van der Waals surface area contributed by atoms with E-state index >= 15 is 0 Å². The lowest BCUT2D eigenvalue weighted by Crippen LogP contribution is -2.40. The van der Waals surface area contributed by atoms with Gasteiger partial charge in [0.2, 0.25) is 10.0 Å². The molecule has 26 heavy (non-hydrogen) atoms. The molecule has 9 nitrogen and oxygen atoms in total. The van der Waals surface area contributed by atoms with Crippen LogP contribution in [0.4, 0.5) is 5.69 Å². The third kappa shape index (κ3) is 3.51. The van der Waals surface area contributed by atoms with Crippen LogP contribution in [0, 0.1) is 17.0 Å². The number of hydrogen-bond donors (Lipinski definition) is 1. The Hall–Kier alpha value is -2.59. The highest BCUT2D eigenvalue weighted by molar-refractivity contribution is 7.89. The zero-order valence-electron chi connectivity index (χ0n) is 14.1. The number of hydrogen-bond acceptors (Lipinski definition) is 6. The quantitative estimate of drug-likeness (QED) is 0.635. The minimum absolute atomic E-state index is 0.112. The summed E-state index contributed by atoms with van der Waals surface area (Å²) in [4.78, 5) is 28.8. The minimum Gasteiger partial charge on any atom is -0.310 e. The average Bonchev–Trinajstić information content (AvgIpc) is 2.61. The van der Waals surface area contributed by atoms with Gasteiger partial charge in [-0.15, -0.1) is 0 Å². The summed E-state index contributed by atoms with van der Waals surface area (Å²) in [7, 11) is -4.03. The van der Waals surface area contributed by atoms with E-state index in [0.717, 1.165) is 0 Å². The van der Waals surface area contributed by atoms with E-state index in [1.54, 1.807) is 6.92 Å². The molecule has 3 rings (SSSR count). The number of nitro groups is 1. The van der Waals surface area contributed by atoms with Crippen molar-refractivity contribution in [1.29, 1.82) is 0 Å². The van der Waals surface area contributed by atoms with Crippen molar-refractivity contribution in [2.24, 2.45) is 0 Å². The van der Waals surface area contributed by atoms with Crippen LogP contribution in [0.25, 0.3) is 0 Å². The van der Waals surface area contributed by atoms with Crippen molar-refractivity contribution in [3.8, 4) is 0 Å². The molecule has 0 radical (unpaired) electrons. The van der Waals surface area contributed by atoms with Crippen LogP contribution in [0.2, 0.25) is 0 Å². The second kappa shape index (κ2) is 6.96. The van der Waals surface area contributed by atoms with Crippen molar-refractivity contribution in [2.75, 3.05) is 13.1 Å². The summed E-state index contributed by atoms with van der Waals surface area (Å²) in [6, 6.07) is 6.67. The van der Waals surface area contributed by atoms with Gasteiger partial charge in [0.15, 0.2) is 4.90 Å². The lowest BCUT2D eigenvalue weighted by atomic mass is 9.99. The van der Waals surface area contributed by atoms with E-state index < -0.39 is 20.6 Å². The SMILES string of the molecule is Cc1cc(=O)[nH]c(C2CCCN(S(=O)(=O)c3ccccc3[N+](=O)[O-])C2)n1. The van der Waals surface area contributed by atoms with Crippen LogP contribution >= 0.6 is 0 Å². The monoisotopic (exact) mass is 378 g/mol. The first-order chi connectivity index (χ1) is 12.3. The van der Waals surface area contributed by atoms with Crippen LogP contribution in [0.3, 0.4) is 0 Å². The van der Waals surface area contributed by atoms with Gasteiger partial charge >= 0.3 is 0 Å². The summed E-state index contributed by atoms with van der Waals surface area (Å²) < 4.78 is 27.1. The first-order valence-electron chi connectivity index (χ1n) is 8.10. The minimum atomic E-state index is -4.03. The Balaban J connectivity index is 1.94. The average molecular weight is 378 g/mol. The summed E-state index contributed by atoms with van der Waals surface area (Å²) >= 11 is 0. The Morgan fingerprint density at radius 1 is 1.35 bits per heavy atom. The molecule has 1 aromatic heterocycles. The highest BCUT2D eigenvalue weighted by Crippen LogP contribution is 2.31. The largest absolute Gasteiger partial charge is 0.310 e. The van der Waals surface area contributed by atoms with E-state index in [1.807, 2.05) is 0 Å². The molecule has 1 fully saturated rings. The fraction of sp³-hybridized carbons (Fsp3) is 0.375. The van der Waals surface area contributed by atoms with Gasteiger partial charge in [0, 0.05) is 36.8 Å². The van der Waals surface area contributed by atoms with E-state index in [1.165, 1.54) is 34.6 Å². The second-order valence-corrected chi connectivity index (χ2v) is 8.11. The molecule has 0 bridgehead atoms. The highest BCUT2D eigenvalue weighted by Gasteiger charge is 2.35. The molecule has 1 unspecified atom stereocenters. The first kappa shape index (κ1) is 18.2. The summed E-state index contributed by atoms with van der Waals surface area (Å²) in [6.45, 7) is 2.07. The number of rotatable bonds is 4. The Labute approximate surface area is 149 Å². The molecule has 0 amide bonds. The fourth-order valence-corrected chi connectivity index (χ4v) is 4.83. The van der Waals surface area contributed by atoms with Crippen molar-refractivity contribution in [3.05, 3.63) is 62.3 Å². The van der Waals surface area contributed by atoms with Gasteiger partial charge in [-0.05, 0) is 25.8 Å². The number of benzene rings is 1. The number of nitrogens with one attached hydrogen (secondary N) is 1. The molecule has 2 heterocycles. The lowest BCUT2D eigenvalue weighted by Gasteiger charge is -2.31. The molecular weight excluding hydrogens is 360 g/mol. The van der Waals surface area contributed by atoms with Gasteiger partial charge in [-0.1, -0.05) is 12.1 Å². The molecule has 10 heteroatoms. The van der Waals surface area contributed by atoms with Crippen LogP contribution in [0.5, 0.6) is 0 Å². The smallest absolute Gasteiger partial charge is 0.289 e. The van der Waals surface area contributed by atoms with E-state index in [9.17, 15) is 23.3 Å². The molecule has 0 saturated carbocycles. The number of sulfonamides is 1. The van der Waals surface area contributed by atoms with Crippen molar-refractivity contribution >= 4 is 15.7 Å². The first-order valence-corrected chi connectivity index (χ1v) is 9.54. The Morgan fingerprint density at radius 3 is 2.77 bits per heavy atom. The number of aromatic nitrogens is 2. The predicted molar refractivity (Wildman–Crippen MR) is 93.4 cm³/mol. The molecule has 1 aromatic carbocycles. The standard InChI is InChI=1S/C16H18N4O5S/c1-11-9-15(21)18-16(17-11)12-5-4-8-19(10-12)26(24,25)14-7-3-2-6-13(14)20(22)23/h2-3,6-7,9,12H,4-5,8,10H2,1H3,(H,17,18,21). The summed E-state index contributed by atoms with van der Waals surface area (Å²) in [5.41, 5.74) is -0.176. The van der Waals surface area contributed by atoms with E-state index in [0.29, 0.717) is 24.4 Å². The van der Waals surface area contributed by atoms with Crippen LogP contribution < -0.4 is 5.56 Å². The van der Waals surface area contributed by atoms with Crippen molar-refractivity contribution in [2.45, 2.75) is 30.6 Å². The fourth-order valence-electron chi connectivity index (χ4n) is 3.14. The molecule has 1 aliphatic rings. The molecule has 1 N–H and O–H groups in total. The third-order valence-electron chi connectivity index (χ3n) is 4.34. The van der Waals surface area contributed by atoms with E-state index in [4.69, 9.17) is 0 Å². The van der Waals surface area contributed by atoms with E-state index in [-0.39, 0.29) is 29.5 Å². The molecule has 0 aliphatic carbocycles. The number of nitro benzene ring substituents is 1. The number of nitrogens with zero attached hydrogens (tertiary/aromatic N) is 3. The Bertz CT molecular complexity index is 1000. The van der Waals surface area contributed by atoms with Gasteiger partial charge in [-0.2, -0.15) is 4.31 Å². The topological polar surface area (TPSA) is 126 Å². The van der Waals surface area contributed by atoms with Gasteiger partial charge in [-0.3, -0.25) is 14.9 Å². The zero-order valence-corrected chi connectivity index (χ0v) is 14.9. The van der Waals surface area contributed by atoms with Crippen LogP contribution in [0.1, 0.15) is 30.3 Å². The van der Waals surface area contributed by atoms with Gasteiger partial charge in [-0.25, -0.2) is 13.4 Å². The molecule has 1 atom stereocenters. The maximum absolute atomic E-state index is 13.0. The molecule has 1 aliphatic heterocycles.